The van der Waals surface area contributed by atoms with Gasteiger partial charge in [0.15, 0.2) is 17.5 Å². The third kappa shape index (κ3) is 5.64. The summed E-state index contributed by atoms with van der Waals surface area (Å²) in [6.07, 6.45) is 3.77. The van der Waals surface area contributed by atoms with Crippen LogP contribution in [0.2, 0.25) is 0 Å². The summed E-state index contributed by atoms with van der Waals surface area (Å²) in [6, 6.07) is 63.4. The van der Waals surface area contributed by atoms with Crippen molar-refractivity contribution in [2.75, 3.05) is 0 Å². The average molecular weight is 825 g/mol. The van der Waals surface area contributed by atoms with E-state index in [0.717, 1.165) is 48.1 Å². The molecule has 0 saturated heterocycles. The number of fused-ring (bicyclic) bond motifs is 13. The standard InChI is InChI=1S/C60H48N4/c1-5-37-29-38(6-2)32-42(31-37)58-61-57(62-59(63-58)43-33-39(7-3)30-40(8-4)34-43)41-25-27-47-45-17-9-13-21-51(45)60(53(47)35-41)52-22-14-10-18-46(52)48-28-26-44(36-54(48)60)64-55-23-15-11-19-49(55)50-20-12-16-24-56(50)64/h9-36H,5-8H2,1-4H3. The number of aromatic nitrogens is 4. The average Bonchev–Trinajstić information content (AvgIpc) is 3.97. The van der Waals surface area contributed by atoms with Crippen LogP contribution in [-0.4, -0.2) is 19.5 Å². The van der Waals surface area contributed by atoms with E-state index in [1.807, 2.05) is 0 Å². The zero-order valence-electron chi connectivity index (χ0n) is 36.8. The Labute approximate surface area is 375 Å². The van der Waals surface area contributed by atoms with E-state index in [-0.39, 0.29) is 0 Å². The summed E-state index contributed by atoms with van der Waals surface area (Å²) in [5.74, 6) is 2.09. The van der Waals surface area contributed by atoms with E-state index in [1.165, 1.54) is 88.6 Å². The highest BCUT2D eigenvalue weighted by molar-refractivity contribution is 6.09. The van der Waals surface area contributed by atoms with Crippen LogP contribution in [0.25, 0.3) is 83.9 Å². The first kappa shape index (κ1) is 38.3. The topological polar surface area (TPSA) is 43.6 Å². The highest BCUT2D eigenvalue weighted by Gasteiger charge is 2.52. The minimum absolute atomic E-state index is 0.571. The predicted octanol–water partition coefficient (Wildman–Crippen LogP) is 14.6. The number of para-hydroxylation sites is 2. The monoisotopic (exact) mass is 824 g/mol. The van der Waals surface area contributed by atoms with Gasteiger partial charge in [0.1, 0.15) is 0 Å². The molecule has 8 aromatic carbocycles. The number of benzene rings is 8. The minimum atomic E-state index is -0.571. The van der Waals surface area contributed by atoms with Gasteiger partial charge in [-0.15, -0.1) is 0 Å². The van der Waals surface area contributed by atoms with E-state index in [2.05, 4.69) is 202 Å². The van der Waals surface area contributed by atoms with Gasteiger partial charge in [0.2, 0.25) is 0 Å². The molecule has 2 aliphatic carbocycles. The number of hydrogen-bond acceptors (Lipinski definition) is 3. The van der Waals surface area contributed by atoms with Crippen LogP contribution in [0.4, 0.5) is 0 Å². The van der Waals surface area contributed by atoms with Crippen molar-refractivity contribution in [2.24, 2.45) is 0 Å². The van der Waals surface area contributed by atoms with Crippen LogP contribution in [0, 0.1) is 0 Å². The smallest absolute Gasteiger partial charge is 0.164 e. The lowest BCUT2D eigenvalue weighted by molar-refractivity contribution is 0.792. The molecular formula is C60H48N4. The molecule has 2 aliphatic rings. The van der Waals surface area contributed by atoms with Crippen LogP contribution >= 0.6 is 0 Å². The zero-order chi connectivity index (χ0) is 43.1. The Morgan fingerprint density at radius 3 is 1.27 bits per heavy atom. The van der Waals surface area contributed by atoms with Gasteiger partial charge in [0.25, 0.3) is 0 Å². The quantitative estimate of drug-likeness (QED) is 0.153. The lowest BCUT2D eigenvalue weighted by Crippen LogP contribution is -2.26. The molecule has 0 saturated carbocycles. The Morgan fingerprint density at radius 1 is 0.359 bits per heavy atom. The molecule has 0 aliphatic heterocycles. The van der Waals surface area contributed by atoms with Crippen molar-refractivity contribution in [3.63, 3.8) is 0 Å². The maximum atomic E-state index is 5.39. The maximum Gasteiger partial charge on any atom is 0.164 e. The van der Waals surface area contributed by atoms with Crippen LogP contribution in [0.1, 0.15) is 72.2 Å². The van der Waals surface area contributed by atoms with Gasteiger partial charge in [-0.1, -0.05) is 143 Å². The molecule has 10 aromatic rings. The van der Waals surface area contributed by atoms with Gasteiger partial charge < -0.3 is 4.57 Å². The van der Waals surface area contributed by atoms with Crippen molar-refractivity contribution in [3.05, 3.63) is 214 Å². The zero-order valence-corrected chi connectivity index (χ0v) is 36.8. The third-order valence-corrected chi connectivity index (χ3v) is 14.1. The van der Waals surface area contributed by atoms with Gasteiger partial charge in [-0.05, 0) is 147 Å². The molecule has 0 radical (unpaired) electrons. The van der Waals surface area contributed by atoms with E-state index in [1.54, 1.807) is 0 Å². The normalized spacial score (nSPS) is 14.6. The maximum absolute atomic E-state index is 5.39. The van der Waals surface area contributed by atoms with Crippen molar-refractivity contribution in [1.82, 2.24) is 19.5 Å². The molecule has 2 heterocycles. The number of nitrogens with zero attached hydrogens (tertiary/aromatic N) is 4. The molecule has 4 nitrogen and oxygen atoms in total. The SMILES string of the molecule is CCc1cc(CC)cc(-c2nc(-c3cc(CC)cc(CC)c3)nc(-c3ccc4c(c3)C3(c5ccccc5-4)c4ccccc4-c4ccc(-n5c6ccccc6c6ccccc65)cc43)n2)c1. The fourth-order valence-corrected chi connectivity index (χ4v) is 11.0. The van der Waals surface area contributed by atoms with Crippen molar-refractivity contribution in [3.8, 4) is 62.1 Å². The molecule has 1 unspecified atom stereocenters. The molecule has 2 aromatic heterocycles. The Bertz CT molecular complexity index is 3330. The van der Waals surface area contributed by atoms with E-state index in [4.69, 9.17) is 15.0 Å². The molecular weight excluding hydrogens is 777 g/mol. The second kappa shape index (κ2) is 14.8. The third-order valence-electron chi connectivity index (χ3n) is 14.1. The van der Waals surface area contributed by atoms with E-state index >= 15 is 0 Å². The van der Waals surface area contributed by atoms with E-state index < -0.39 is 5.41 Å². The molecule has 12 rings (SSSR count). The molecule has 4 heteroatoms. The highest BCUT2D eigenvalue weighted by atomic mass is 15.0. The summed E-state index contributed by atoms with van der Waals surface area (Å²) >= 11 is 0. The van der Waals surface area contributed by atoms with Crippen molar-refractivity contribution < 1.29 is 0 Å². The summed E-state index contributed by atoms with van der Waals surface area (Å²) in [7, 11) is 0. The summed E-state index contributed by atoms with van der Waals surface area (Å²) in [5.41, 5.74) is 21.4. The fraction of sp³-hybridized carbons (Fsp3) is 0.150. The van der Waals surface area contributed by atoms with Crippen LogP contribution in [0.3, 0.4) is 0 Å². The lowest BCUT2D eigenvalue weighted by Gasteiger charge is -2.31. The second-order valence-electron chi connectivity index (χ2n) is 17.5. The Morgan fingerprint density at radius 2 is 0.766 bits per heavy atom. The first-order valence-corrected chi connectivity index (χ1v) is 23.0. The molecule has 1 atom stereocenters. The Kier molecular flexibility index (Phi) is 8.88. The molecule has 308 valence electrons. The molecule has 0 fully saturated rings. The van der Waals surface area contributed by atoms with Gasteiger partial charge in [-0.25, -0.2) is 15.0 Å². The van der Waals surface area contributed by atoms with Gasteiger partial charge in [0.05, 0.1) is 16.4 Å². The van der Waals surface area contributed by atoms with Crippen molar-refractivity contribution >= 4 is 21.8 Å². The van der Waals surface area contributed by atoms with Crippen LogP contribution in [0.15, 0.2) is 170 Å². The van der Waals surface area contributed by atoms with Gasteiger partial charge in [-0.3, -0.25) is 0 Å². The Balaban J connectivity index is 1.12. The van der Waals surface area contributed by atoms with Crippen LogP contribution in [0.5, 0.6) is 0 Å². The second-order valence-corrected chi connectivity index (χ2v) is 17.5. The van der Waals surface area contributed by atoms with Gasteiger partial charge >= 0.3 is 0 Å². The van der Waals surface area contributed by atoms with E-state index in [9.17, 15) is 0 Å². The first-order valence-electron chi connectivity index (χ1n) is 23.0. The number of aryl methyl sites for hydroxylation is 4. The molecule has 0 amide bonds. The van der Waals surface area contributed by atoms with Crippen LogP contribution < -0.4 is 0 Å². The molecule has 0 N–H and O–H groups in total. The molecule has 0 bridgehead atoms. The molecule has 64 heavy (non-hydrogen) atoms. The number of rotatable bonds is 8. The van der Waals surface area contributed by atoms with Gasteiger partial charge in [0, 0.05) is 33.2 Å². The van der Waals surface area contributed by atoms with Crippen LogP contribution in [-0.2, 0) is 31.1 Å². The lowest BCUT2D eigenvalue weighted by atomic mass is 9.70. The summed E-state index contributed by atoms with van der Waals surface area (Å²) in [5, 5.41) is 2.52. The molecule has 1 spiro atoms. The van der Waals surface area contributed by atoms with Gasteiger partial charge in [-0.2, -0.15) is 0 Å². The fourth-order valence-electron chi connectivity index (χ4n) is 11.0. The largest absolute Gasteiger partial charge is 0.309 e. The van der Waals surface area contributed by atoms with Crippen molar-refractivity contribution in [2.45, 2.75) is 58.8 Å². The summed E-state index contributed by atoms with van der Waals surface area (Å²) in [4.78, 5) is 16.1. The minimum Gasteiger partial charge on any atom is -0.309 e. The predicted molar refractivity (Wildman–Crippen MR) is 264 cm³/mol. The van der Waals surface area contributed by atoms with E-state index in [0.29, 0.717) is 17.5 Å². The first-order chi connectivity index (χ1) is 31.5. The highest BCUT2D eigenvalue weighted by Crippen LogP contribution is 2.63. The summed E-state index contributed by atoms with van der Waals surface area (Å²) in [6.45, 7) is 8.87. The number of hydrogen-bond donors (Lipinski definition) is 0. The summed E-state index contributed by atoms with van der Waals surface area (Å²) < 4.78 is 2.45. The Hall–Kier alpha value is -7.43. The van der Waals surface area contributed by atoms with Crippen molar-refractivity contribution in [1.29, 1.82) is 0 Å².